The van der Waals surface area contributed by atoms with Gasteiger partial charge < -0.3 is 4.90 Å². The molecule has 2 aromatic rings. The summed E-state index contributed by atoms with van der Waals surface area (Å²) < 4.78 is 25.3. The number of amides is 1. The topological polar surface area (TPSA) is 57.7 Å². The SMILES string of the molecule is C=CCN(CC(=O)N1CCc2sccc2C1c1ccc(C(C)(C)C)cc1)S(C)(=O)=O. The van der Waals surface area contributed by atoms with E-state index in [0.29, 0.717) is 6.54 Å². The Morgan fingerprint density at radius 2 is 1.93 bits per heavy atom. The Morgan fingerprint density at radius 3 is 2.50 bits per heavy atom. The molecule has 0 radical (unpaired) electrons. The Hall–Kier alpha value is -1.96. The van der Waals surface area contributed by atoms with Crippen LogP contribution in [-0.2, 0) is 26.7 Å². The zero-order valence-corrected chi connectivity index (χ0v) is 19.7. The molecule has 0 saturated heterocycles. The first kappa shape index (κ1) is 22.7. The van der Waals surface area contributed by atoms with Crippen molar-refractivity contribution in [2.45, 2.75) is 38.6 Å². The number of nitrogens with zero attached hydrogens (tertiary/aromatic N) is 2. The number of rotatable bonds is 6. The van der Waals surface area contributed by atoms with Gasteiger partial charge in [0.05, 0.1) is 18.8 Å². The predicted molar refractivity (Wildman–Crippen MR) is 123 cm³/mol. The van der Waals surface area contributed by atoms with Gasteiger partial charge in [0, 0.05) is 18.0 Å². The number of carbonyl (C=O) groups is 1. The van der Waals surface area contributed by atoms with Gasteiger partial charge in [-0.1, -0.05) is 51.1 Å². The average Bonchev–Trinajstić information content (AvgIpc) is 3.14. The minimum atomic E-state index is -3.50. The Morgan fingerprint density at radius 1 is 1.27 bits per heavy atom. The van der Waals surface area contributed by atoms with Gasteiger partial charge in [0.25, 0.3) is 0 Å². The lowest BCUT2D eigenvalue weighted by Gasteiger charge is -2.37. The van der Waals surface area contributed by atoms with Gasteiger partial charge in [0.2, 0.25) is 15.9 Å². The van der Waals surface area contributed by atoms with Crippen molar-refractivity contribution in [3.8, 4) is 0 Å². The second-order valence-electron chi connectivity index (χ2n) is 8.75. The largest absolute Gasteiger partial charge is 0.330 e. The van der Waals surface area contributed by atoms with E-state index in [4.69, 9.17) is 0 Å². The molecule has 0 spiro atoms. The number of carbonyl (C=O) groups excluding carboxylic acids is 1. The number of hydrogen-bond donors (Lipinski definition) is 0. The molecular formula is C23H30N2O3S2. The Labute approximate surface area is 184 Å². The number of hydrogen-bond acceptors (Lipinski definition) is 4. The minimum absolute atomic E-state index is 0.0504. The molecule has 0 N–H and O–H groups in total. The van der Waals surface area contributed by atoms with E-state index in [0.717, 1.165) is 23.8 Å². The van der Waals surface area contributed by atoms with Crippen LogP contribution in [0.15, 0.2) is 48.4 Å². The molecule has 0 fully saturated rings. The molecule has 0 saturated carbocycles. The lowest BCUT2D eigenvalue weighted by atomic mass is 9.85. The van der Waals surface area contributed by atoms with Crippen LogP contribution >= 0.6 is 11.3 Å². The van der Waals surface area contributed by atoms with Crippen LogP contribution in [0.2, 0.25) is 0 Å². The fraction of sp³-hybridized carbons (Fsp3) is 0.435. The summed E-state index contributed by atoms with van der Waals surface area (Å²) in [5, 5.41) is 2.07. The number of sulfonamides is 1. The summed E-state index contributed by atoms with van der Waals surface area (Å²) in [5.74, 6) is -0.191. The predicted octanol–water partition coefficient (Wildman–Crippen LogP) is 3.97. The van der Waals surface area contributed by atoms with Crippen LogP contribution in [0.25, 0.3) is 0 Å². The summed E-state index contributed by atoms with van der Waals surface area (Å²) in [6.45, 7) is 10.7. The molecule has 30 heavy (non-hydrogen) atoms. The van der Waals surface area contributed by atoms with Crippen LogP contribution in [0, 0.1) is 0 Å². The lowest BCUT2D eigenvalue weighted by molar-refractivity contribution is -0.133. The summed E-state index contributed by atoms with van der Waals surface area (Å²) in [4.78, 5) is 16.4. The molecule has 5 nitrogen and oxygen atoms in total. The van der Waals surface area contributed by atoms with E-state index in [-0.39, 0.29) is 30.5 Å². The third-order valence-corrected chi connectivity index (χ3v) is 7.70. The maximum absolute atomic E-state index is 13.3. The van der Waals surface area contributed by atoms with Gasteiger partial charge in [0.1, 0.15) is 0 Å². The van der Waals surface area contributed by atoms with Gasteiger partial charge in [-0.3, -0.25) is 4.79 Å². The van der Waals surface area contributed by atoms with E-state index in [2.05, 4.69) is 63.1 Å². The second kappa shape index (κ2) is 8.65. The highest BCUT2D eigenvalue weighted by Crippen LogP contribution is 2.38. The van der Waals surface area contributed by atoms with Crippen LogP contribution < -0.4 is 0 Å². The van der Waals surface area contributed by atoms with E-state index in [9.17, 15) is 13.2 Å². The molecule has 1 aliphatic heterocycles. The van der Waals surface area contributed by atoms with Gasteiger partial charge in [-0.05, 0) is 40.0 Å². The van der Waals surface area contributed by atoms with Crippen LogP contribution in [0.3, 0.4) is 0 Å². The third kappa shape index (κ3) is 4.85. The van der Waals surface area contributed by atoms with E-state index in [1.54, 1.807) is 11.3 Å². The van der Waals surface area contributed by atoms with Crippen molar-refractivity contribution >= 4 is 27.3 Å². The molecular weight excluding hydrogens is 416 g/mol. The number of thiophene rings is 1. The molecule has 1 aliphatic rings. The third-order valence-electron chi connectivity index (χ3n) is 5.49. The van der Waals surface area contributed by atoms with Crippen LogP contribution in [0.4, 0.5) is 0 Å². The van der Waals surface area contributed by atoms with E-state index >= 15 is 0 Å². The van der Waals surface area contributed by atoms with Gasteiger partial charge in [0.15, 0.2) is 0 Å². The Balaban J connectivity index is 1.95. The zero-order valence-electron chi connectivity index (χ0n) is 18.1. The summed E-state index contributed by atoms with van der Waals surface area (Å²) >= 11 is 1.71. The summed E-state index contributed by atoms with van der Waals surface area (Å²) in [7, 11) is -3.50. The maximum atomic E-state index is 13.3. The van der Waals surface area contributed by atoms with Gasteiger partial charge in [-0.2, -0.15) is 4.31 Å². The van der Waals surface area contributed by atoms with Crippen molar-refractivity contribution in [2.24, 2.45) is 0 Å². The first-order chi connectivity index (χ1) is 14.0. The fourth-order valence-corrected chi connectivity index (χ4v) is 5.44. The second-order valence-corrected chi connectivity index (χ2v) is 11.7. The van der Waals surface area contributed by atoms with Crippen molar-refractivity contribution < 1.29 is 13.2 Å². The molecule has 1 aromatic carbocycles. The first-order valence-corrected chi connectivity index (χ1v) is 12.8. The molecule has 1 amide bonds. The lowest BCUT2D eigenvalue weighted by Crippen LogP contribution is -2.46. The minimum Gasteiger partial charge on any atom is -0.330 e. The maximum Gasteiger partial charge on any atom is 0.238 e. The van der Waals surface area contributed by atoms with Crippen LogP contribution in [-0.4, -0.2) is 49.4 Å². The van der Waals surface area contributed by atoms with Gasteiger partial charge >= 0.3 is 0 Å². The van der Waals surface area contributed by atoms with Gasteiger partial charge in [-0.25, -0.2) is 8.42 Å². The first-order valence-electron chi connectivity index (χ1n) is 10.0. The number of fused-ring (bicyclic) bond motifs is 1. The number of benzene rings is 1. The molecule has 1 aromatic heterocycles. The van der Waals surface area contributed by atoms with Crippen molar-refractivity contribution in [1.29, 1.82) is 0 Å². The van der Waals surface area contributed by atoms with Crippen LogP contribution in [0.5, 0.6) is 0 Å². The summed E-state index contributed by atoms with van der Waals surface area (Å²) in [5.41, 5.74) is 3.47. The van der Waals surface area contributed by atoms with Crippen molar-refractivity contribution in [2.75, 3.05) is 25.9 Å². The monoisotopic (exact) mass is 446 g/mol. The molecule has 7 heteroatoms. The van der Waals surface area contributed by atoms with Gasteiger partial charge in [-0.15, -0.1) is 17.9 Å². The molecule has 3 rings (SSSR count). The highest BCUT2D eigenvalue weighted by atomic mass is 32.2. The molecule has 0 bridgehead atoms. The highest BCUT2D eigenvalue weighted by molar-refractivity contribution is 7.88. The highest BCUT2D eigenvalue weighted by Gasteiger charge is 2.34. The van der Waals surface area contributed by atoms with E-state index in [1.807, 2.05) is 4.90 Å². The summed E-state index contributed by atoms with van der Waals surface area (Å²) in [6, 6.07) is 10.3. The smallest absolute Gasteiger partial charge is 0.238 e. The molecule has 0 aliphatic carbocycles. The van der Waals surface area contributed by atoms with E-state index < -0.39 is 10.0 Å². The zero-order chi connectivity index (χ0) is 22.1. The Bertz CT molecular complexity index is 1020. The molecule has 1 atom stereocenters. The van der Waals surface area contributed by atoms with E-state index in [1.165, 1.54) is 20.8 Å². The van der Waals surface area contributed by atoms with Crippen LogP contribution in [0.1, 0.15) is 48.4 Å². The Kier molecular flexibility index (Phi) is 6.55. The summed E-state index contributed by atoms with van der Waals surface area (Å²) in [6.07, 6.45) is 3.42. The normalized spacial score (nSPS) is 17.1. The van der Waals surface area contributed by atoms with Crippen molar-refractivity contribution in [1.82, 2.24) is 9.21 Å². The fourth-order valence-electron chi connectivity index (χ4n) is 3.81. The standard InChI is InChI=1S/C23H30N2O3S2/c1-6-13-24(30(5,27)28)16-21(26)25-14-11-20-19(12-15-29-20)22(25)17-7-9-18(10-8-17)23(2,3)4/h6-10,12,15,22H,1,11,13-14,16H2,2-5H3. The average molecular weight is 447 g/mol. The van der Waals surface area contributed by atoms with Crippen molar-refractivity contribution in [3.63, 3.8) is 0 Å². The molecule has 1 unspecified atom stereocenters. The molecule has 2 heterocycles. The quantitative estimate of drug-likeness (QED) is 0.631. The molecule has 162 valence electrons. The van der Waals surface area contributed by atoms with Crippen molar-refractivity contribution in [3.05, 3.63) is 69.9 Å².